The number of nitrogens with one attached hydrogen (secondary N) is 1. The first-order chi connectivity index (χ1) is 8.55. The molecule has 18 heavy (non-hydrogen) atoms. The molecule has 2 aromatic rings. The van der Waals surface area contributed by atoms with Crippen molar-refractivity contribution >= 4 is 49.9 Å². The molecule has 96 valence electrons. The van der Waals surface area contributed by atoms with E-state index in [1.807, 2.05) is 0 Å². The molecule has 0 radical (unpaired) electrons. The molecule has 1 aliphatic rings. The van der Waals surface area contributed by atoms with E-state index in [0.29, 0.717) is 22.6 Å². The first kappa shape index (κ1) is 12.1. The smallest absolute Gasteiger partial charge is 0.152 e. The number of hydrogen-bond acceptors (Lipinski definition) is 6. The fourth-order valence-electron chi connectivity index (χ4n) is 2.08. The maximum atomic E-state index is 11.4. The Morgan fingerprint density at radius 2 is 2.22 bits per heavy atom. The average Bonchev–Trinajstić information content (AvgIpc) is 2.89. The number of anilines is 1. The van der Waals surface area contributed by atoms with Gasteiger partial charge in [0.25, 0.3) is 0 Å². The molecule has 1 aliphatic heterocycles. The molecule has 3 rings (SSSR count). The van der Waals surface area contributed by atoms with Crippen molar-refractivity contribution in [1.29, 1.82) is 0 Å². The van der Waals surface area contributed by atoms with Crippen molar-refractivity contribution < 1.29 is 8.42 Å². The maximum Gasteiger partial charge on any atom is 0.152 e. The SMILES string of the molecule is O=S1(=O)CCC(Nc2c(Cl)ccc3nsnc23)C1. The quantitative estimate of drug-likeness (QED) is 0.918. The van der Waals surface area contributed by atoms with Gasteiger partial charge in [0, 0.05) is 6.04 Å². The van der Waals surface area contributed by atoms with Gasteiger partial charge in [-0.3, -0.25) is 0 Å². The second-order valence-corrected chi connectivity index (χ2v) is 7.46. The van der Waals surface area contributed by atoms with Gasteiger partial charge in [-0.1, -0.05) is 11.6 Å². The van der Waals surface area contributed by atoms with Crippen molar-refractivity contribution in [2.45, 2.75) is 12.5 Å². The third kappa shape index (κ3) is 2.17. The zero-order valence-electron chi connectivity index (χ0n) is 9.26. The molecule has 1 aromatic carbocycles. The third-order valence-electron chi connectivity index (χ3n) is 2.96. The minimum atomic E-state index is -2.91. The fraction of sp³-hybridized carbons (Fsp3) is 0.400. The molecule has 0 spiro atoms. The van der Waals surface area contributed by atoms with Gasteiger partial charge in [0.15, 0.2) is 9.84 Å². The first-order valence-electron chi connectivity index (χ1n) is 5.43. The van der Waals surface area contributed by atoms with E-state index in [1.165, 1.54) is 0 Å². The molecule has 5 nitrogen and oxygen atoms in total. The normalized spacial score (nSPS) is 22.4. The summed E-state index contributed by atoms with van der Waals surface area (Å²) in [5.74, 6) is 0.380. The highest BCUT2D eigenvalue weighted by Crippen LogP contribution is 2.31. The largest absolute Gasteiger partial charge is 0.378 e. The summed E-state index contributed by atoms with van der Waals surface area (Å²) in [6.07, 6.45) is 0.604. The molecule has 1 aromatic heterocycles. The molecule has 1 N–H and O–H groups in total. The number of benzene rings is 1. The number of aromatic nitrogens is 2. The summed E-state index contributed by atoms with van der Waals surface area (Å²) in [7, 11) is -2.91. The summed E-state index contributed by atoms with van der Waals surface area (Å²) >= 11 is 7.25. The van der Waals surface area contributed by atoms with Crippen LogP contribution < -0.4 is 5.32 Å². The molecule has 1 unspecified atom stereocenters. The molecule has 0 bridgehead atoms. The van der Waals surface area contributed by atoms with Gasteiger partial charge in [0.05, 0.1) is 33.9 Å². The molecule has 0 amide bonds. The Morgan fingerprint density at radius 3 is 2.94 bits per heavy atom. The summed E-state index contributed by atoms with van der Waals surface area (Å²) in [5.41, 5.74) is 2.16. The van der Waals surface area contributed by atoms with E-state index in [4.69, 9.17) is 11.6 Å². The monoisotopic (exact) mass is 303 g/mol. The molecule has 8 heteroatoms. The van der Waals surface area contributed by atoms with Crippen molar-refractivity contribution in [2.24, 2.45) is 0 Å². The molecular formula is C10H10ClN3O2S2. The van der Waals surface area contributed by atoms with E-state index in [9.17, 15) is 8.42 Å². The van der Waals surface area contributed by atoms with Gasteiger partial charge >= 0.3 is 0 Å². The van der Waals surface area contributed by atoms with Crippen LogP contribution in [0, 0.1) is 0 Å². The molecule has 0 saturated carbocycles. The second kappa shape index (κ2) is 4.32. The molecular weight excluding hydrogens is 294 g/mol. The number of sulfone groups is 1. The lowest BCUT2D eigenvalue weighted by Crippen LogP contribution is -2.20. The Balaban J connectivity index is 1.95. The standard InChI is InChI=1S/C10H10ClN3O2S2/c11-7-1-2-8-10(14-17-13-8)9(7)12-6-3-4-18(15,16)5-6/h1-2,6,12H,3-5H2. The van der Waals surface area contributed by atoms with Crippen LogP contribution in [0.15, 0.2) is 12.1 Å². The highest BCUT2D eigenvalue weighted by molar-refractivity contribution is 7.91. The van der Waals surface area contributed by atoms with Crippen LogP contribution in [0.5, 0.6) is 0 Å². The van der Waals surface area contributed by atoms with Crippen LogP contribution in [0.4, 0.5) is 5.69 Å². The predicted molar refractivity (Wildman–Crippen MR) is 73.1 cm³/mol. The molecule has 1 saturated heterocycles. The van der Waals surface area contributed by atoms with Crippen molar-refractivity contribution in [3.05, 3.63) is 17.2 Å². The molecule has 0 aliphatic carbocycles. The number of nitrogens with zero attached hydrogens (tertiary/aromatic N) is 2. The summed E-state index contributed by atoms with van der Waals surface area (Å²) in [6.45, 7) is 0. The number of hydrogen-bond donors (Lipinski definition) is 1. The highest BCUT2D eigenvalue weighted by atomic mass is 35.5. The minimum Gasteiger partial charge on any atom is -0.378 e. The summed E-state index contributed by atoms with van der Waals surface area (Å²) in [5, 5.41) is 3.73. The van der Waals surface area contributed by atoms with Gasteiger partial charge in [-0.25, -0.2) is 8.42 Å². The van der Waals surface area contributed by atoms with E-state index in [0.717, 1.165) is 17.2 Å². The lowest BCUT2D eigenvalue weighted by Gasteiger charge is -2.13. The van der Waals surface area contributed by atoms with Crippen molar-refractivity contribution in [3.63, 3.8) is 0 Å². The molecule has 2 heterocycles. The lowest BCUT2D eigenvalue weighted by atomic mass is 10.2. The second-order valence-electron chi connectivity index (χ2n) is 4.30. The van der Waals surface area contributed by atoms with E-state index in [1.54, 1.807) is 12.1 Å². The molecule has 1 atom stereocenters. The van der Waals surface area contributed by atoms with Crippen LogP contribution >= 0.6 is 23.3 Å². The maximum absolute atomic E-state index is 11.4. The van der Waals surface area contributed by atoms with Gasteiger partial charge in [-0.05, 0) is 18.6 Å². The van der Waals surface area contributed by atoms with Crippen LogP contribution in [-0.2, 0) is 9.84 Å². The van der Waals surface area contributed by atoms with Crippen LogP contribution in [0.2, 0.25) is 5.02 Å². The Morgan fingerprint density at radius 1 is 1.39 bits per heavy atom. The fourth-order valence-corrected chi connectivity index (χ4v) is 4.50. The van der Waals surface area contributed by atoms with E-state index in [2.05, 4.69) is 14.1 Å². The van der Waals surface area contributed by atoms with Crippen LogP contribution in [-0.4, -0.2) is 34.7 Å². The van der Waals surface area contributed by atoms with Gasteiger partial charge in [0.1, 0.15) is 11.0 Å². The summed E-state index contributed by atoms with van der Waals surface area (Å²) in [6, 6.07) is 3.45. The predicted octanol–water partition coefficient (Wildman–Crippen LogP) is 1.94. The zero-order chi connectivity index (χ0) is 12.8. The van der Waals surface area contributed by atoms with Gasteiger partial charge in [-0.15, -0.1) is 0 Å². The van der Waals surface area contributed by atoms with E-state index in [-0.39, 0.29) is 17.5 Å². The Kier molecular flexibility index (Phi) is 2.91. The Hall–Kier alpha value is -0.920. The van der Waals surface area contributed by atoms with E-state index < -0.39 is 9.84 Å². The Labute approximate surface area is 113 Å². The van der Waals surface area contributed by atoms with Crippen LogP contribution in [0.25, 0.3) is 11.0 Å². The Bertz CT molecular complexity index is 698. The zero-order valence-corrected chi connectivity index (χ0v) is 11.6. The average molecular weight is 304 g/mol. The minimum absolute atomic E-state index is 0.0974. The van der Waals surface area contributed by atoms with Crippen LogP contribution in [0.3, 0.4) is 0 Å². The number of fused-ring (bicyclic) bond motifs is 1. The van der Waals surface area contributed by atoms with Crippen LogP contribution in [0.1, 0.15) is 6.42 Å². The van der Waals surface area contributed by atoms with Gasteiger partial charge in [0.2, 0.25) is 0 Å². The lowest BCUT2D eigenvalue weighted by molar-refractivity contribution is 0.602. The van der Waals surface area contributed by atoms with Crippen molar-refractivity contribution in [3.8, 4) is 0 Å². The number of halogens is 1. The number of rotatable bonds is 2. The summed E-state index contributed by atoms with van der Waals surface area (Å²) in [4.78, 5) is 0. The van der Waals surface area contributed by atoms with Gasteiger partial charge < -0.3 is 5.32 Å². The van der Waals surface area contributed by atoms with Gasteiger partial charge in [-0.2, -0.15) is 8.75 Å². The van der Waals surface area contributed by atoms with Crippen molar-refractivity contribution in [1.82, 2.24) is 8.75 Å². The molecule has 1 fully saturated rings. The topological polar surface area (TPSA) is 72.0 Å². The third-order valence-corrected chi connectivity index (χ3v) is 5.58. The summed E-state index contributed by atoms with van der Waals surface area (Å²) < 4.78 is 31.2. The van der Waals surface area contributed by atoms with Crippen molar-refractivity contribution in [2.75, 3.05) is 16.8 Å². The van der Waals surface area contributed by atoms with E-state index >= 15 is 0 Å². The first-order valence-corrected chi connectivity index (χ1v) is 8.36. The highest BCUT2D eigenvalue weighted by Gasteiger charge is 2.28.